The van der Waals surface area contributed by atoms with Crippen molar-refractivity contribution in [3.63, 3.8) is 0 Å². The lowest BCUT2D eigenvalue weighted by Crippen LogP contribution is -2.40. The molecule has 1 aromatic heterocycles. The highest BCUT2D eigenvalue weighted by Gasteiger charge is 2.34. The van der Waals surface area contributed by atoms with Crippen LogP contribution in [0.1, 0.15) is 31.0 Å². The number of halogens is 1. The largest absolute Gasteiger partial charge is 0.463 e. The zero-order valence-electron chi connectivity index (χ0n) is 18.8. The van der Waals surface area contributed by atoms with E-state index in [4.69, 9.17) is 4.74 Å². The molecule has 8 heteroatoms. The van der Waals surface area contributed by atoms with E-state index in [1.54, 1.807) is 38.1 Å². The van der Waals surface area contributed by atoms with Crippen molar-refractivity contribution in [2.24, 2.45) is 4.99 Å². The molecular formula is C25H24FN3O3S. The molecule has 0 amide bonds. The average molecular weight is 466 g/mol. The molecule has 170 valence electrons. The summed E-state index contributed by atoms with van der Waals surface area (Å²) in [5.74, 6) is -1.12. The summed E-state index contributed by atoms with van der Waals surface area (Å²) in [6.45, 7) is 3.53. The van der Waals surface area contributed by atoms with Gasteiger partial charge in [-0.3, -0.25) is 9.36 Å². The van der Waals surface area contributed by atoms with Gasteiger partial charge in [0.05, 0.1) is 22.4 Å². The van der Waals surface area contributed by atoms with Crippen molar-refractivity contribution in [1.82, 2.24) is 4.57 Å². The summed E-state index contributed by atoms with van der Waals surface area (Å²) < 4.78 is 21.9. The van der Waals surface area contributed by atoms with Gasteiger partial charge < -0.3 is 9.64 Å². The van der Waals surface area contributed by atoms with Gasteiger partial charge in [-0.15, -0.1) is 0 Å². The van der Waals surface area contributed by atoms with Crippen LogP contribution in [0.5, 0.6) is 0 Å². The van der Waals surface area contributed by atoms with E-state index >= 15 is 0 Å². The first-order valence-corrected chi connectivity index (χ1v) is 11.3. The van der Waals surface area contributed by atoms with Gasteiger partial charge in [0.1, 0.15) is 11.9 Å². The third kappa shape index (κ3) is 4.26. The van der Waals surface area contributed by atoms with Gasteiger partial charge in [-0.1, -0.05) is 41.7 Å². The predicted octanol–water partition coefficient (Wildman–Crippen LogP) is 3.00. The van der Waals surface area contributed by atoms with E-state index in [2.05, 4.69) is 4.99 Å². The number of ether oxygens (including phenoxy) is 1. The Hall–Kier alpha value is -3.52. The summed E-state index contributed by atoms with van der Waals surface area (Å²) in [6.07, 6.45) is 1.78. The van der Waals surface area contributed by atoms with Gasteiger partial charge in [0.25, 0.3) is 5.56 Å². The van der Waals surface area contributed by atoms with Gasteiger partial charge in [-0.05, 0) is 43.7 Å². The third-order valence-electron chi connectivity index (χ3n) is 5.42. The molecule has 0 aliphatic carbocycles. The van der Waals surface area contributed by atoms with Crippen molar-refractivity contribution in [2.45, 2.75) is 19.9 Å². The third-order valence-corrected chi connectivity index (χ3v) is 6.41. The Morgan fingerprint density at radius 2 is 1.91 bits per heavy atom. The minimum atomic E-state index is -0.959. The molecule has 1 unspecified atom stereocenters. The van der Waals surface area contributed by atoms with Crippen LogP contribution in [0.4, 0.5) is 10.1 Å². The van der Waals surface area contributed by atoms with E-state index in [0.29, 0.717) is 15.0 Å². The molecule has 0 saturated carbocycles. The van der Waals surface area contributed by atoms with E-state index in [9.17, 15) is 14.0 Å². The second kappa shape index (κ2) is 9.15. The highest BCUT2D eigenvalue weighted by Crippen LogP contribution is 2.32. The first-order valence-electron chi connectivity index (χ1n) is 10.5. The highest BCUT2D eigenvalue weighted by atomic mass is 32.1. The van der Waals surface area contributed by atoms with Crippen LogP contribution in [-0.2, 0) is 9.53 Å². The van der Waals surface area contributed by atoms with Gasteiger partial charge >= 0.3 is 5.97 Å². The van der Waals surface area contributed by atoms with Crippen molar-refractivity contribution >= 4 is 29.1 Å². The Balaban J connectivity index is 1.92. The number of thiazole rings is 1. The van der Waals surface area contributed by atoms with Crippen molar-refractivity contribution in [3.8, 4) is 0 Å². The first kappa shape index (κ1) is 22.7. The molecule has 4 rings (SSSR count). The number of aromatic nitrogens is 1. The van der Waals surface area contributed by atoms with Crippen LogP contribution in [0.25, 0.3) is 6.08 Å². The summed E-state index contributed by atoms with van der Waals surface area (Å²) in [5, 5.41) is 0. The summed E-state index contributed by atoms with van der Waals surface area (Å²) >= 11 is 1.21. The van der Waals surface area contributed by atoms with E-state index < -0.39 is 17.8 Å². The van der Waals surface area contributed by atoms with Crippen molar-refractivity contribution < 1.29 is 13.9 Å². The normalized spacial score (nSPS) is 15.8. The van der Waals surface area contributed by atoms with Crippen LogP contribution in [0.3, 0.4) is 0 Å². The lowest BCUT2D eigenvalue weighted by atomic mass is 9.95. The SMILES string of the molecule is CCOC(=O)C1=C(C)N=c2sc(=Cc3ccc(N(C)C)cc3)c(=O)n2C1c1ccccc1F. The Bertz CT molecular complexity index is 1420. The number of carbonyl (C=O) groups is 1. The first-order chi connectivity index (χ1) is 15.8. The maximum atomic E-state index is 14.9. The van der Waals surface area contributed by atoms with E-state index in [-0.39, 0.29) is 23.3 Å². The van der Waals surface area contributed by atoms with Crippen LogP contribution in [0.15, 0.2) is 69.6 Å². The molecule has 6 nitrogen and oxygen atoms in total. The molecule has 3 aromatic rings. The molecular weight excluding hydrogens is 441 g/mol. The second-order valence-corrected chi connectivity index (χ2v) is 8.82. The monoisotopic (exact) mass is 465 g/mol. The number of hydrogen-bond donors (Lipinski definition) is 0. The molecule has 1 aliphatic rings. The van der Waals surface area contributed by atoms with Gasteiger partial charge in [-0.25, -0.2) is 14.2 Å². The smallest absolute Gasteiger partial charge is 0.338 e. The Labute approximate surface area is 194 Å². The fraction of sp³-hybridized carbons (Fsp3) is 0.240. The molecule has 33 heavy (non-hydrogen) atoms. The highest BCUT2D eigenvalue weighted by molar-refractivity contribution is 7.07. The van der Waals surface area contributed by atoms with E-state index in [1.165, 1.54) is 22.0 Å². The lowest BCUT2D eigenvalue weighted by molar-refractivity contribution is -0.139. The second-order valence-electron chi connectivity index (χ2n) is 7.81. The standard InChI is InChI=1S/C25H24FN3O3S/c1-5-32-24(31)21-15(2)27-25-29(22(21)18-8-6-7-9-19(18)26)23(30)20(33-25)14-16-10-12-17(13-11-16)28(3)4/h6-14,22H,5H2,1-4H3. The molecule has 0 spiro atoms. The zero-order chi connectivity index (χ0) is 23.7. The molecule has 1 atom stereocenters. The number of rotatable bonds is 5. The minimum Gasteiger partial charge on any atom is -0.463 e. The molecule has 0 N–H and O–H groups in total. The van der Waals surface area contributed by atoms with Crippen LogP contribution in [0, 0.1) is 5.82 Å². The fourth-order valence-corrected chi connectivity index (χ4v) is 4.85. The molecule has 0 radical (unpaired) electrons. The van der Waals surface area contributed by atoms with Gasteiger partial charge in [0, 0.05) is 25.3 Å². The van der Waals surface area contributed by atoms with Crippen molar-refractivity contribution in [1.29, 1.82) is 0 Å². The van der Waals surface area contributed by atoms with Crippen LogP contribution >= 0.6 is 11.3 Å². The number of allylic oxidation sites excluding steroid dienone is 1. The summed E-state index contributed by atoms with van der Waals surface area (Å²) in [6, 6.07) is 13.0. The number of fused-ring (bicyclic) bond motifs is 1. The summed E-state index contributed by atoms with van der Waals surface area (Å²) in [7, 11) is 3.92. The number of hydrogen-bond acceptors (Lipinski definition) is 6. The Morgan fingerprint density at radius 1 is 1.21 bits per heavy atom. The predicted molar refractivity (Wildman–Crippen MR) is 128 cm³/mol. The van der Waals surface area contributed by atoms with E-state index in [1.807, 2.05) is 43.3 Å². The molecule has 2 heterocycles. The van der Waals surface area contributed by atoms with Crippen molar-refractivity contribution in [2.75, 3.05) is 25.6 Å². The maximum Gasteiger partial charge on any atom is 0.338 e. The average Bonchev–Trinajstić information content (AvgIpc) is 3.08. The molecule has 0 fully saturated rings. The quantitative estimate of drug-likeness (QED) is 0.544. The maximum absolute atomic E-state index is 14.9. The number of benzene rings is 2. The van der Waals surface area contributed by atoms with Crippen LogP contribution < -0.4 is 19.8 Å². The van der Waals surface area contributed by atoms with E-state index in [0.717, 1.165) is 11.3 Å². The topological polar surface area (TPSA) is 63.9 Å². The Kier molecular flexibility index (Phi) is 6.29. The van der Waals surface area contributed by atoms with Crippen molar-refractivity contribution in [3.05, 3.63) is 96.4 Å². The summed E-state index contributed by atoms with van der Waals surface area (Å²) in [4.78, 5) is 33.2. The number of nitrogens with zero attached hydrogens (tertiary/aromatic N) is 3. The fourth-order valence-electron chi connectivity index (χ4n) is 3.80. The number of esters is 1. The van der Waals surface area contributed by atoms with Gasteiger partial charge in [0.15, 0.2) is 4.80 Å². The Morgan fingerprint density at radius 3 is 2.55 bits per heavy atom. The molecule has 0 saturated heterocycles. The van der Waals surface area contributed by atoms with Gasteiger partial charge in [-0.2, -0.15) is 0 Å². The molecule has 1 aliphatic heterocycles. The summed E-state index contributed by atoms with van der Waals surface area (Å²) in [5.41, 5.74) is 2.36. The zero-order valence-corrected chi connectivity index (χ0v) is 19.6. The number of carbonyl (C=O) groups excluding carboxylic acids is 1. The molecule has 0 bridgehead atoms. The lowest BCUT2D eigenvalue weighted by Gasteiger charge is -2.24. The van der Waals surface area contributed by atoms with Gasteiger partial charge in [0.2, 0.25) is 0 Å². The number of anilines is 1. The van der Waals surface area contributed by atoms with Crippen LogP contribution in [0.2, 0.25) is 0 Å². The minimum absolute atomic E-state index is 0.160. The molecule has 2 aromatic carbocycles. The van der Waals surface area contributed by atoms with Crippen LogP contribution in [-0.4, -0.2) is 31.2 Å².